The van der Waals surface area contributed by atoms with Gasteiger partial charge in [-0.2, -0.15) is 12.6 Å². The molecule has 7 nitrogen and oxygen atoms in total. The minimum atomic E-state index is -1.19. The lowest BCUT2D eigenvalue weighted by molar-refractivity contribution is -0.145. The molecule has 0 aliphatic rings. The summed E-state index contributed by atoms with van der Waals surface area (Å²) in [6, 6.07) is 4.87. The predicted octanol–water partition coefficient (Wildman–Crippen LogP) is 0.613. The molecule has 0 aliphatic heterocycles. The number of hydrogen-bond donors (Lipinski definition) is 4. The first kappa shape index (κ1) is 18.8. The van der Waals surface area contributed by atoms with Crippen LogP contribution in [0.2, 0.25) is 0 Å². The monoisotopic (exact) mass is 341 g/mol. The Bertz CT molecular complexity index is 560. The molecule has 23 heavy (non-hydrogen) atoms. The highest BCUT2D eigenvalue weighted by molar-refractivity contribution is 7.80. The van der Waals surface area contributed by atoms with Gasteiger partial charge < -0.3 is 20.3 Å². The number of benzene rings is 1. The van der Waals surface area contributed by atoms with Gasteiger partial charge in [0.25, 0.3) is 0 Å². The number of rotatable bonds is 8. The summed E-state index contributed by atoms with van der Waals surface area (Å²) in [4.78, 5) is 34.7. The third-order valence-electron chi connectivity index (χ3n) is 3.22. The van der Waals surface area contributed by atoms with Crippen LogP contribution in [0.4, 0.5) is 0 Å². The van der Waals surface area contributed by atoms with Gasteiger partial charge in [-0.3, -0.25) is 9.59 Å². The number of methoxy groups -OCH3 is 1. The molecule has 0 heterocycles. The van der Waals surface area contributed by atoms with Gasteiger partial charge in [-0.15, -0.1) is 0 Å². The standard InChI is InChI=1S/C15H19NO6S/c1-22-13(18)7-10(8-23)14(19)16-12(15(20)21)6-9-2-4-11(17)5-3-9/h2-5,10,12,17,23H,6-8H2,1H3,(H,16,19)(H,20,21)/t10?,12-/m0/s1. The smallest absolute Gasteiger partial charge is 0.326 e. The highest BCUT2D eigenvalue weighted by Gasteiger charge is 2.26. The van der Waals surface area contributed by atoms with Crippen molar-refractivity contribution in [2.75, 3.05) is 12.9 Å². The van der Waals surface area contributed by atoms with Gasteiger partial charge in [0, 0.05) is 12.2 Å². The van der Waals surface area contributed by atoms with Gasteiger partial charge in [0.15, 0.2) is 0 Å². The van der Waals surface area contributed by atoms with Gasteiger partial charge in [-0.25, -0.2) is 4.79 Å². The topological polar surface area (TPSA) is 113 Å². The summed E-state index contributed by atoms with van der Waals surface area (Å²) in [5, 5.41) is 20.9. The highest BCUT2D eigenvalue weighted by Crippen LogP contribution is 2.13. The first-order chi connectivity index (χ1) is 10.9. The number of carbonyl (C=O) groups is 3. The Morgan fingerprint density at radius 1 is 1.26 bits per heavy atom. The van der Waals surface area contributed by atoms with Gasteiger partial charge in [-0.05, 0) is 17.7 Å². The molecule has 0 radical (unpaired) electrons. The summed E-state index contributed by atoms with van der Waals surface area (Å²) < 4.78 is 4.50. The number of thiol groups is 1. The molecule has 1 aromatic carbocycles. The lowest BCUT2D eigenvalue weighted by Gasteiger charge is -2.18. The second-order valence-corrected chi connectivity index (χ2v) is 5.29. The molecule has 0 aliphatic carbocycles. The number of amides is 1. The Kier molecular flexibility index (Phi) is 7.40. The molecule has 0 saturated heterocycles. The maximum Gasteiger partial charge on any atom is 0.326 e. The Hall–Kier alpha value is -2.22. The first-order valence-electron chi connectivity index (χ1n) is 6.86. The number of hydrogen-bond acceptors (Lipinski definition) is 6. The summed E-state index contributed by atoms with van der Waals surface area (Å²) in [6.45, 7) is 0. The normalized spacial score (nSPS) is 13.0. The molecule has 1 amide bonds. The van der Waals surface area contributed by atoms with Crippen molar-refractivity contribution in [3.8, 4) is 5.75 Å². The van der Waals surface area contributed by atoms with Gasteiger partial charge >= 0.3 is 11.9 Å². The molecular formula is C15H19NO6S. The Morgan fingerprint density at radius 2 is 1.87 bits per heavy atom. The second-order valence-electron chi connectivity index (χ2n) is 4.93. The molecule has 3 N–H and O–H groups in total. The van der Waals surface area contributed by atoms with Crippen LogP contribution < -0.4 is 5.32 Å². The van der Waals surface area contributed by atoms with Crippen molar-refractivity contribution in [2.24, 2.45) is 5.92 Å². The van der Waals surface area contributed by atoms with E-state index in [1.54, 1.807) is 12.1 Å². The zero-order valence-electron chi connectivity index (χ0n) is 12.6. The van der Waals surface area contributed by atoms with E-state index in [1.165, 1.54) is 19.2 Å². The fourth-order valence-electron chi connectivity index (χ4n) is 1.88. The lowest BCUT2D eigenvalue weighted by atomic mass is 10.0. The summed E-state index contributed by atoms with van der Waals surface area (Å²) in [5.74, 6) is -2.94. The zero-order chi connectivity index (χ0) is 17.4. The fourth-order valence-corrected chi connectivity index (χ4v) is 2.18. The van der Waals surface area contributed by atoms with E-state index >= 15 is 0 Å². The maximum atomic E-state index is 12.1. The van der Waals surface area contributed by atoms with Crippen LogP contribution in [0.15, 0.2) is 24.3 Å². The van der Waals surface area contributed by atoms with E-state index in [0.29, 0.717) is 5.56 Å². The van der Waals surface area contributed by atoms with E-state index in [0.717, 1.165) is 0 Å². The number of phenolic OH excluding ortho intramolecular Hbond substituents is 1. The molecule has 0 bridgehead atoms. The Labute approximate surface area is 139 Å². The third-order valence-corrected chi connectivity index (χ3v) is 3.66. The predicted molar refractivity (Wildman–Crippen MR) is 85.4 cm³/mol. The molecule has 8 heteroatoms. The van der Waals surface area contributed by atoms with Crippen molar-refractivity contribution < 1.29 is 29.3 Å². The summed E-state index contributed by atoms with van der Waals surface area (Å²) in [6.07, 6.45) is -0.115. The lowest BCUT2D eigenvalue weighted by Crippen LogP contribution is -2.45. The molecule has 1 unspecified atom stereocenters. The fraction of sp³-hybridized carbons (Fsp3) is 0.400. The molecule has 126 valence electrons. The van der Waals surface area contributed by atoms with E-state index in [2.05, 4.69) is 22.7 Å². The van der Waals surface area contributed by atoms with Crippen LogP contribution >= 0.6 is 12.6 Å². The number of nitrogens with one attached hydrogen (secondary N) is 1. The van der Waals surface area contributed by atoms with Gasteiger partial charge in [0.2, 0.25) is 5.91 Å². The van der Waals surface area contributed by atoms with Crippen molar-refractivity contribution in [3.63, 3.8) is 0 Å². The number of carboxylic acid groups (broad SMARTS) is 1. The summed E-state index contributed by atoms with van der Waals surface area (Å²) in [7, 11) is 1.21. The van der Waals surface area contributed by atoms with E-state index in [4.69, 9.17) is 0 Å². The van der Waals surface area contributed by atoms with Crippen LogP contribution in [-0.4, -0.2) is 47.0 Å². The molecule has 0 fully saturated rings. The van der Waals surface area contributed by atoms with Crippen molar-refractivity contribution in [1.29, 1.82) is 0 Å². The van der Waals surface area contributed by atoms with Gasteiger partial charge in [0.05, 0.1) is 19.4 Å². The Morgan fingerprint density at radius 3 is 2.35 bits per heavy atom. The van der Waals surface area contributed by atoms with Crippen LogP contribution in [0.5, 0.6) is 5.75 Å². The molecule has 0 spiro atoms. The minimum Gasteiger partial charge on any atom is -0.508 e. The van der Waals surface area contributed by atoms with E-state index in [-0.39, 0.29) is 24.3 Å². The number of ether oxygens (including phenoxy) is 1. The zero-order valence-corrected chi connectivity index (χ0v) is 13.5. The van der Waals surface area contributed by atoms with E-state index in [1.807, 2.05) is 0 Å². The largest absolute Gasteiger partial charge is 0.508 e. The van der Waals surface area contributed by atoms with Crippen molar-refractivity contribution in [2.45, 2.75) is 18.9 Å². The number of carbonyl (C=O) groups excluding carboxylic acids is 2. The number of aromatic hydroxyl groups is 1. The Balaban J connectivity index is 2.74. The van der Waals surface area contributed by atoms with Gasteiger partial charge in [0.1, 0.15) is 11.8 Å². The maximum absolute atomic E-state index is 12.1. The number of phenols is 1. The average Bonchev–Trinajstić information content (AvgIpc) is 2.53. The molecule has 0 aromatic heterocycles. The van der Waals surface area contributed by atoms with Crippen LogP contribution in [0.3, 0.4) is 0 Å². The molecule has 0 saturated carbocycles. The second kappa shape index (κ2) is 9.04. The first-order valence-corrected chi connectivity index (χ1v) is 7.49. The van der Waals surface area contributed by atoms with Crippen LogP contribution in [0.25, 0.3) is 0 Å². The molecule has 1 aromatic rings. The third kappa shape index (κ3) is 6.19. The molecule has 1 rings (SSSR count). The van der Waals surface area contributed by atoms with E-state index in [9.17, 15) is 24.6 Å². The quantitative estimate of drug-likeness (QED) is 0.407. The minimum absolute atomic E-state index is 0.0544. The molecule has 2 atom stereocenters. The number of esters is 1. The van der Waals surface area contributed by atoms with Crippen molar-refractivity contribution >= 4 is 30.5 Å². The summed E-state index contributed by atoms with van der Waals surface area (Å²) >= 11 is 4.01. The van der Waals surface area contributed by atoms with Crippen molar-refractivity contribution in [1.82, 2.24) is 5.32 Å². The number of carboxylic acids is 1. The van der Waals surface area contributed by atoms with E-state index < -0.39 is 29.8 Å². The van der Waals surface area contributed by atoms with Gasteiger partial charge in [-0.1, -0.05) is 12.1 Å². The SMILES string of the molecule is COC(=O)CC(CS)C(=O)N[C@@H](Cc1ccc(O)cc1)C(=O)O. The van der Waals surface area contributed by atoms with Crippen LogP contribution in [0.1, 0.15) is 12.0 Å². The van der Waals surface area contributed by atoms with Crippen molar-refractivity contribution in [3.05, 3.63) is 29.8 Å². The highest BCUT2D eigenvalue weighted by atomic mass is 32.1. The summed E-state index contributed by atoms with van der Waals surface area (Å²) in [5.41, 5.74) is 0.644. The van der Waals surface area contributed by atoms with Crippen LogP contribution in [0, 0.1) is 5.92 Å². The number of aliphatic carboxylic acids is 1. The molecular weight excluding hydrogens is 322 g/mol. The van der Waals surface area contributed by atoms with Crippen LogP contribution in [-0.2, 0) is 25.5 Å². The average molecular weight is 341 g/mol.